The van der Waals surface area contributed by atoms with Crippen LogP contribution in [0.15, 0.2) is 58.0 Å². The van der Waals surface area contributed by atoms with E-state index < -0.39 is 0 Å². The van der Waals surface area contributed by atoms with Gasteiger partial charge in [0.2, 0.25) is 0 Å². The maximum absolute atomic E-state index is 12.0. The first-order valence-corrected chi connectivity index (χ1v) is 6.94. The molecule has 0 heterocycles. The Hall–Kier alpha value is -1.94. The van der Waals surface area contributed by atoms with Crippen molar-refractivity contribution in [3.8, 4) is 5.75 Å². The van der Waals surface area contributed by atoms with Crippen molar-refractivity contribution in [2.45, 2.75) is 6.42 Å². The molecule has 0 aromatic heterocycles. The van der Waals surface area contributed by atoms with Gasteiger partial charge in [0.05, 0.1) is 7.11 Å². The van der Waals surface area contributed by atoms with Gasteiger partial charge in [0.15, 0.2) is 5.78 Å². The molecule has 2 aromatic carbocycles. The molecule has 2 aromatic rings. The molecule has 0 unspecified atom stereocenters. The average Bonchev–Trinajstić information content (AvgIpc) is 2.48. The van der Waals surface area contributed by atoms with Crippen molar-refractivity contribution in [2.75, 3.05) is 7.11 Å². The van der Waals surface area contributed by atoms with E-state index in [0.717, 1.165) is 10.2 Å². The lowest BCUT2D eigenvalue weighted by Gasteiger charge is -2.02. The topological polar surface area (TPSA) is 38.7 Å². The van der Waals surface area contributed by atoms with Crippen LogP contribution in [-0.4, -0.2) is 19.1 Å². The van der Waals surface area contributed by atoms with Gasteiger partial charge in [-0.1, -0.05) is 40.2 Å². The number of carbonyl (C=O) groups excluding carboxylic acids is 1. The summed E-state index contributed by atoms with van der Waals surface area (Å²) in [6.45, 7) is 0. The van der Waals surface area contributed by atoms with Crippen molar-refractivity contribution in [1.29, 1.82) is 0 Å². The van der Waals surface area contributed by atoms with Gasteiger partial charge in [-0.15, -0.1) is 0 Å². The first kappa shape index (κ1) is 14.5. The summed E-state index contributed by atoms with van der Waals surface area (Å²) >= 11 is 3.34. The highest BCUT2D eigenvalue weighted by Gasteiger charge is 2.04. The molecule has 0 aliphatic carbocycles. The summed E-state index contributed by atoms with van der Waals surface area (Å²) in [5.41, 5.74) is 1.40. The fraction of sp³-hybridized carbons (Fsp3) is 0.125. The van der Waals surface area contributed by atoms with Crippen LogP contribution in [0.5, 0.6) is 5.75 Å². The Labute approximate surface area is 126 Å². The Morgan fingerprint density at radius 3 is 2.60 bits per heavy atom. The van der Waals surface area contributed by atoms with Gasteiger partial charge in [0.1, 0.15) is 11.4 Å². The molecule has 0 aliphatic heterocycles. The van der Waals surface area contributed by atoms with E-state index in [0.29, 0.717) is 11.3 Å². The van der Waals surface area contributed by atoms with Gasteiger partial charge >= 0.3 is 0 Å². The van der Waals surface area contributed by atoms with E-state index in [4.69, 9.17) is 4.74 Å². The highest BCUT2D eigenvalue weighted by Crippen LogP contribution is 2.25. The molecule has 0 N–H and O–H groups in total. The van der Waals surface area contributed by atoms with Crippen LogP contribution in [0, 0.1) is 0 Å². The minimum absolute atomic E-state index is 0.0381. The van der Waals surface area contributed by atoms with Crippen molar-refractivity contribution in [1.82, 2.24) is 0 Å². The summed E-state index contributed by atoms with van der Waals surface area (Å²) in [5, 5.41) is 0. The first-order chi connectivity index (χ1) is 9.70. The zero-order valence-electron chi connectivity index (χ0n) is 11.0. The monoisotopic (exact) mass is 331 g/mol. The van der Waals surface area contributed by atoms with E-state index in [1.54, 1.807) is 25.5 Å². The highest BCUT2D eigenvalue weighted by molar-refractivity contribution is 9.10. The van der Waals surface area contributed by atoms with Crippen molar-refractivity contribution in [3.63, 3.8) is 0 Å². The molecule has 102 valence electrons. The Kier molecular flexibility index (Phi) is 5.07. The molecule has 0 radical (unpaired) electrons. The van der Waals surface area contributed by atoms with Crippen LogP contribution in [0.25, 0.3) is 0 Å². The number of carbonyl (C=O) groups is 1. The third-order valence-corrected chi connectivity index (χ3v) is 3.29. The van der Waals surface area contributed by atoms with Gasteiger partial charge in [-0.2, -0.15) is 0 Å². The van der Waals surface area contributed by atoms with Crippen molar-refractivity contribution < 1.29 is 9.53 Å². The number of halogens is 1. The van der Waals surface area contributed by atoms with Gasteiger partial charge in [0.25, 0.3) is 0 Å². The van der Waals surface area contributed by atoms with Crippen molar-refractivity contribution in [2.24, 2.45) is 4.99 Å². The van der Waals surface area contributed by atoms with Crippen LogP contribution >= 0.6 is 15.9 Å². The fourth-order valence-corrected chi connectivity index (χ4v) is 1.98. The van der Waals surface area contributed by atoms with E-state index >= 15 is 0 Å². The predicted octanol–water partition coefficient (Wildman–Crippen LogP) is 4.43. The molecular weight excluding hydrogens is 318 g/mol. The zero-order valence-corrected chi connectivity index (χ0v) is 12.6. The zero-order chi connectivity index (χ0) is 14.4. The van der Waals surface area contributed by atoms with Gasteiger partial charge in [-0.25, -0.2) is 0 Å². The second kappa shape index (κ2) is 7.01. The summed E-state index contributed by atoms with van der Waals surface area (Å²) in [7, 11) is 1.60. The van der Waals surface area contributed by atoms with E-state index in [2.05, 4.69) is 20.9 Å². The lowest BCUT2D eigenvalue weighted by atomic mass is 10.1. The van der Waals surface area contributed by atoms with Crippen LogP contribution in [-0.2, 0) is 0 Å². The summed E-state index contributed by atoms with van der Waals surface area (Å²) < 4.78 is 6.15. The Morgan fingerprint density at radius 1 is 1.20 bits per heavy atom. The second-order valence-corrected chi connectivity index (χ2v) is 5.03. The maximum atomic E-state index is 12.0. The molecular formula is C16H14BrNO2. The smallest absolute Gasteiger partial charge is 0.168 e. The van der Waals surface area contributed by atoms with Gasteiger partial charge in [0, 0.05) is 22.7 Å². The Morgan fingerprint density at radius 2 is 1.90 bits per heavy atom. The lowest BCUT2D eigenvalue weighted by Crippen LogP contribution is -1.98. The van der Waals surface area contributed by atoms with Crippen LogP contribution in [0.4, 0.5) is 5.69 Å². The number of rotatable bonds is 5. The number of Topliss-reactive ketones (excluding diaryl/α,β-unsaturated/α-hetero) is 1. The molecule has 20 heavy (non-hydrogen) atoms. The quantitative estimate of drug-likeness (QED) is 0.600. The third kappa shape index (κ3) is 3.78. The molecule has 0 aliphatic rings. The molecule has 0 bridgehead atoms. The standard InChI is InChI=1S/C16H14BrNO2/c1-20-16-5-3-2-4-14(16)18-11-10-15(19)12-6-8-13(17)9-7-12/h2-9,11H,10H2,1H3. The van der Waals surface area contributed by atoms with Crippen molar-refractivity contribution in [3.05, 3.63) is 58.6 Å². The van der Waals surface area contributed by atoms with Gasteiger partial charge in [-0.05, 0) is 24.3 Å². The number of methoxy groups -OCH3 is 1. The van der Waals surface area contributed by atoms with E-state index in [1.165, 1.54) is 0 Å². The molecule has 2 rings (SSSR count). The summed E-state index contributed by atoms with van der Waals surface area (Å²) in [4.78, 5) is 16.2. The molecule has 0 fully saturated rings. The fourth-order valence-electron chi connectivity index (χ4n) is 1.72. The average molecular weight is 332 g/mol. The Bertz CT molecular complexity index is 621. The number of ketones is 1. The van der Waals surface area contributed by atoms with Crippen LogP contribution in [0.2, 0.25) is 0 Å². The number of nitrogens with zero attached hydrogens (tertiary/aromatic N) is 1. The summed E-state index contributed by atoms with van der Waals surface area (Å²) in [6.07, 6.45) is 1.88. The number of hydrogen-bond acceptors (Lipinski definition) is 3. The van der Waals surface area contributed by atoms with Crippen LogP contribution in [0.3, 0.4) is 0 Å². The molecule has 0 atom stereocenters. The van der Waals surface area contributed by atoms with E-state index in [-0.39, 0.29) is 12.2 Å². The summed E-state index contributed by atoms with van der Waals surface area (Å²) in [6, 6.07) is 14.7. The molecule has 4 heteroatoms. The van der Waals surface area contributed by atoms with E-state index in [1.807, 2.05) is 36.4 Å². The van der Waals surface area contributed by atoms with Gasteiger partial charge < -0.3 is 4.74 Å². The number of aliphatic imine (C=N–C) groups is 1. The maximum Gasteiger partial charge on any atom is 0.168 e. The normalized spacial score (nSPS) is 10.7. The molecule has 0 amide bonds. The Balaban J connectivity index is 2.02. The highest BCUT2D eigenvalue weighted by atomic mass is 79.9. The minimum Gasteiger partial charge on any atom is -0.494 e. The number of para-hydroxylation sites is 2. The minimum atomic E-state index is 0.0381. The molecule has 0 saturated heterocycles. The summed E-state index contributed by atoms with van der Waals surface area (Å²) in [5.74, 6) is 0.732. The number of hydrogen-bond donors (Lipinski definition) is 0. The SMILES string of the molecule is COc1ccccc1N=CCC(=O)c1ccc(Br)cc1. The van der Waals surface area contributed by atoms with Crippen molar-refractivity contribution >= 4 is 33.6 Å². The number of ether oxygens (including phenoxy) is 1. The van der Waals surface area contributed by atoms with Crippen LogP contribution < -0.4 is 4.74 Å². The molecule has 0 saturated carbocycles. The van der Waals surface area contributed by atoms with Crippen LogP contribution in [0.1, 0.15) is 16.8 Å². The lowest BCUT2D eigenvalue weighted by molar-refractivity contribution is 0.100. The predicted molar refractivity (Wildman–Crippen MR) is 84.2 cm³/mol. The molecule has 0 spiro atoms. The largest absolute Gasteiger partial charge is 0.494 e. The van der Waals surface area contributed by atoms with E-state index in [9.17, 15) is 4.79 Å². The number of benzene rings is 2. The van der Waals surface area contributed by atoms with Gasteiger partial charge in [-0.3, -0.25) is 9.79 Å². The first-order valence-electron chi connectivity index (χ1n) is 6.15. The second-order valence-electron chi connectivity index (χ2n) is 4.12. The molecule has 3 nitrogen and oxygen atoms in total. The third-order valence-electron chi connectivity index (χ3n) is 2.76.